The second-order valence-electron chi connectivity index (χ2n) is 5.52. The highest BCUT2D eigenvalue weighted by Crippen LogP contribution is 2.25. The molecule has 0 aromatic carbocycles. The fourth-order valence-electron chi connectivity index (χ4n) is 2.67. The van der Waals surface area contributed by atoms with Gasteiger partial charge >= 0.3 is 0 Å². The van der Waals surface area contributed by atoms with Gasteiger partial charge in [0.2, 0.25) is 15.9 Å². The SMILES string of the molecule is CCN(Cc1ccc(Cl)s1)C(=O)C1CCCN(S(C)(=O)=O)C1. The Hall–Kier alpha value is -0.630. The number of sulfonamides is 1. The molecule has 0 radical (unpaired) electrons. The summed E-state index contributed by atoms with van der Waals surface area (Å²) in [5.74, 6) is -0.223. The van der Waals surface area contributed by atoms with Crippen molar-refractivity contribution in [2.24, 2.45) is 5.92 Å². The lowest BCUT2D eigenvalue weighted by molar-refractivity contribution is -0.137. The number of halogens is 1. The van der Waals surface area contributed by atoms with Gasteiger partial charge in [-0.15, -0.1) is 11.3 Å². The molecule has 124 valence electrons. The number of thiophene rings is 1. The monoisotopic (exact) mass is 364 g/mol. The second-order valence-corrected chi connectivity index (χ2v) is 9.30. The van der Waals surface area contributed by atoms with Gasteiger partial charge in [-0.2, -0.15) is 0 Å². The van der Waals surface area contributed by atoms with Crippen LogP contribution in [0.15, 0.2) is 12.1 Å². The molecule has 22 heavy (non-hydrogen) atoms. The molecule has 0 saturated carbocycles. The van der Waals surface area contributed by atoms with Gasteiger partial charge in [0, 0.05) is 24.5 Å². The Morgan fingerprint density at radius 3 is 2.77 bits per heavy atom. The van der Waals surface area contributed by atoms with Crippen molar-refractivity contribution in [1.82, 2.24) is 9.21 Å². The molecule has 1 aliphatic heterocycles. The normalized spacial score (nSPS) is 20.0. The molecule has 1 fully saturated rings. The molecular weight excluding hydrogens is 344 g/mol. The summed E-state index contributed by atoms with van der Waals surface area (Å²) in [6.07, 6.45) is 2.67. The maximum Gasteiger partial charge on any atom is 0.227 e. The fraction of sp³-hybridized carbons (Fsp3) is 0.643. The van der Waals surface area contributed by atoms with Gasteiger partial charge in [0.05, 0.1) is 23.1 Å². The molecule has 0 aliphatic carbocycles. The average Bonchev–Trinajstić information content (AvgIpc) is 2.88. The van der Waals surface area contributed by atoms with E-state index in [1.54, 1.807) is 4.90 Å². The van der Waals surface area contributed by atoms with Crippen molar-refractivity contribution in [2.75, 3.05) is 25.9 Å². The van der Waals surface area contributed by atoms with Crippen molar-refractivity contribution in [1.29, 1.82) is 0 Å². The zero-order chi connectivity index (χ0) is 16.3. The first kappa shape index (κ1) is 17.7. The van der Waals surface area contributed by atoms with Crippen molar-refractivity contribution in [3.05, 3.63) is 21.3 Å². The Morgan fingerprint density at radius 1 is 1.50 bits per heavy atom. The molecule has 2 heterocycles. The molecule has 1 atom stereocenters. The van der Waals surface area contributed by atoms with Gasteiger partial charge in [-0.05, 0) is 31.9 Å². The molecule has 1 aromatic heterocycles. The highest BCUT2D eigenvalue weighted by atomic mass is 35.5. The van der Waals surface area contributed by atoms with Crippen molar-refractivity contribution in [3.63, 3.8) is 0 Å². The van der Waals surface area contributed by atoms with Crippen LogP contribution in [0, 0.1) is 5.92 Å². The van der Waals surface area contributed by atoms with Crippen LogP contribution in [-0.2, 0) is 21.4 Å². The Balaban J connectivity index is 2.04. The molecular formula is C14H21ClN2O3S2. The first-order valence-corrected chi connectivity index (χ1v) is 10.3. The van der Waals surface area contributed by atoms with E-state index < -0.39 is 10.0 Å². The van der Waals surface area contributed by atoms with E-state index >= 15 is 0 Å². The molecule has 1 aromatic rings. The topological polar surface area (TPSA) is 57.7 Å². The molecule has 0 bridgehead atoms. The first-order chi connectivity index (χ1) is 10.3. The van der Waals surface area contributed by atoms with Crippen molar-refractivity contribution < 1.29 is 13.2 Å². The number of carbonyl (C=O) groups excluding carboxylic acids is 1. The summed E-state index contributed by atoms with van der Waals surface area (Å²) in [4.78, 5) is 15.5. The quantitative estimate of drug-likeness (QED) is 0.806. The molecule has 1 aliphatic rings. The molecule has 1 unspecified atom stereocenters. The van der Waals surface area contributed by atoms with E-state index in [0.717, 1.165) is 17.7 Å². The number of hydrogen-bond donors (Lipinski definition) is 0. The smallest absolute Gasteiger partial charge is 0.227 e. The molecule has 0 spiro atoms. The Labute approximate surface area is 140 Å². The lowest BCUT2D eigenvalue weighted by Gasteiger charge is -2.33. The lowest BCUT2D eigenvalue weighted by Crippen LogP contribution is -2.46. The van der Waals surface area contributed by atoms with E-state index in [0.29, 0.717) is 30.5 Å². The van der Waals surface area contributed by atoms with E-state index in [-0.39, 0.29) is 11.8 Å². The summed E-state index contributed by atoms with van der Waals surface area (Å²) in [5.41, 5.74) is 0. The molecule has 8 heteroatoms. The summed E-state index contributed by atoms with van der Waals surface area (Å²) < 4.78 is 25.5. The van der Waals surface area contributed by atoms with Gasteiger partial charge in [-0.25, -0.2) is 12.7 Å². The molecule has 1 amide bonds. The van der Waals surface area contributed by atoms with Crippen LogP contribution in [0.3, 0.4) is 0 Å². The Kier molecular flexibility index (Phi) is 5.87. The van der Waals surface area contributed by atoms with Crippen LogP contribution in [0.1, 0.15) is 24.6 Å². The second kappa shape index (κ2) is 7.29. The summed E-state index contributed by atoms with van der Waals surface area (Å²) >= 11 is 7.39. The standard InChI is InChI=1S/C14H21ClN2O3S2/c1-3-16(10-12-6-7-13(15)21-12)14(18)11-5-4-8-17(9-11)22(2,19)20/h6-7,11H,3-5,8-10H2,1-2H3. The van der Waals surface area contributed by atoms with E-state index in [9.17, 15) is 13.2 Å². The van der Waals surface area contributed by atoms with Crippen molar-refractivity contribution >= 4 is 38.9 Å². The van der Waals surface area contributed by atoms with Crippen molar-refractivity contribution in [2.45, 2.75) is 26.3 Å². The minimum atomic E-state index is -3.23. The predicted molar refractivity (Wildman–Crippen MR) is 89.6 cm³/mol. The fourth-order valence-corrected chi connectivity index (χ4v) is 4.69. The number of rotatable bonds is 5. The lowest BCUT2D eigenvalue weighted by atomic mass is 9.98. The molecule has 1 saturated heterocycles. The molecule has 5 nitrogen and oxygen atoms in total. The zero-order valence-electron chi connectivity index (χ0n) is 12.8. The maximum absolute atomic E-state index is 12.7. The van der Waals surface area contributed by atoms with E-state index in [4.69, 9.17) is 11.6 Å². The number of piperidine rings is 1. The molecule has 0 N–H and O–H groups in total. The minimum Gasteiger partial charge on any atom is -0.338 e. The number of amides is 1. The van der Waals surface area contributed by atoms with Crippen LogP contribution >= 0.6 is 22.9 Å². The third kappa shape index (κ3) is 4.44. The predicted octanol–water partition coefficient (Wildman–Crippen LogP) is 2.42. The largest absolute Gasteiger partial charge is 0.338 e. The molecule has 2 rings (SSSR count). The van der Waals surface area contributed by atoms with Gasteiger partial charge in [0.15, 0.2) is 0 Å². The van der Waals surface area contributed by atoms with E-state index in [1.807, 2.05) is 19.1 Å². The number of hydrogen-bond acceptors (Lipinski definition) is 4. The highest BCUT2D eigenvalue weighted by Gasteiger charge is 2.32. The van der Waals surface area contributed by atoms with Gasteiger partial charge in [0.1, 0.15) is 0 Å². The Morgan fingerprint density at radius 2 is 2.23 bits per heavy atom. The number of carbonyl (C=O) groups is 1. The van der Waals surface area contributed by atoms with Crippen LogP contribution in [0.5, 0.6) is 0 Å². The summed E-state index contributed by atoms with van der Waals surface area (Å²) in [6, 6.07) is 3.75. The van der Waals surface area contributed by atoms with Crippen LogP contribution in [0.25, 0.3) is 0 Å². The number of nitrogens with zero attached hydrogens (tertiary/aromatic N) is 2. The summed E-state index contributed by atoms with van der Waals surface area (Å²) in [5, 5.41) is 0. The van der Waals surface area contributed by atoms with Crippen LogP contribution in [-0.4, -0.2) is 49.4 Å². The zero-order valence-corrected chi connectivity index (χ0v) is 15.2. The Bertz CT molecular complexity index is 630. The third-order valence-corrected chi connectivity index (χ3v) is 6.36. The summed E-state index contributed by atoms with van der Waals surface area (Å²) in [6.45, 7) is 3.87. The summed E-state index contributed by atoms with van der Waals surface area (Å²) in [7, 11) is -3.23. The average molecular weight is 365 g/mol. The van der Waals surface area contributed by atoms with Gasteiger partial charge in [-0.1, -0.05) is 11.6 Å². The van der Waals surface area contributed by atoms with Crippen molar-refractivity contribution in [3.8, 4) is 0 Å². The highest BCUT2D eigenvalue weighted by molar-refractivity contribution is 7.88. The van der Waals surface area contributed by atoms with Crippen LogP contribution < -0.4 is 0 Å². The van der Waals surface area contributed by atoms with E-state index in [2.05, 4.69) is 0 Å². The van der Waals surface area contributed by atoms with Crippen LogP contribution in [0.2, 0.25) is 4.34 Å². The first-order valence-electron chi connectivity index (χ1n) is 7.29. The minimum absolute atomic E-state index is 0.0281. The maximum atomic E-state index is 12.7. The van der Waals surface area contributed by atoms with Crippen LogP contribution in [0.4, 0.5) is 0 Å². The third-order valence-electron chi connectivity index (χ3n) is 3.87. The van der Waals surface area contributed by atoms with E-state index in [1.165, 1.54) is 21.9 Å². The van der Waals surface area contributed by atoms with Gasteiger partial charge in [-0.3, -0.25) is 4.79 Å². The van der Waals surface area contributed by atoms with Gasteiger partial charge in [0.25, 0.3) is 0 Å². The van der Waals surface area contributed by atoms with Gasteiger partial charge < -0.3 is 4.90 Å².